The molecule has 16 aromatic carbocycles. The summed E-state index contributed by atoms with van der Waals surface area (Å²) in [6.45, 7) is 9.06. The van der Waals surface area contributed by atoms with Crippen LogP contribution in [0.2, 0.25) is 10.0 Å². The molecule has 21 rings (SSSR count). The van der Waals surface area contributed by atoms with Crippen molar-refractivity contribution in [3.05, 3.63) is 467 Å². The maximum atomic E-state index is 9.29. The van der Waals surface area contributed by atoms with Crippen molar-refractivity contribution in [2.45, 2.75) is 38.5 Å². The number of fused-ring (bicyclic) bond motifs is 6. The first kappa shape index (κ1) is 86.9. The van der Waals surface area contributed by atoms with Gasteiger partial charge in [-0.2, -0.15) is 0 Å². The molecule has 0 amide bonds. The predicted molar refractivity (Wildman–Crippen MR) is 537 cm³/mol. The van der Waals surface area contributed by atoms with Gasteiger partial charge in [-0.25, -0.2) is 29.9 Å². The predicted octanol–water partition coefficient (Wildman–Crippen LogP) is 26.8. The minimum atomic E-state index is -1.43. The van der Waals surface area contributed by atoms with E-state index in [1.165, 1.54) is 61.7 Å². The number of nitrogens with zero attached hydrogens (tertiary/aromatic N) is 6. The van der Waals surface area contributed by atoms with Crippen molar-refractivity contribution in [1.82, 2.24) is 29.9 Å². The van der Waals surface area contributed by atoms with Crippen LogP contribution in [-0.2, 0) is 10.8 Å². The molecule has 3 aromatic heterocycles. The highest BCUT2D eigenvalue weighted by molar-refractivity contribution is 9.10. The minimum absolute atomic E-state index is 0.00842. The van der Waals surface area contributed by atoms with Crippen LogP contribution in [0.4, 0.5) is 0 Å². The Morgan fingerprint density at radius 2 is 0.473 bits per heavy atom. The number of hydrogen-bond acceptors (Lipinski definition) is 10. The fourth-order valence-corrected chi connectivity index (χ4v) is 17.4. The van der Waals surface area contributed by atoms with Crippen molar-refractivity contribution in [3.8, 4) is 157 Å². The van der Waals surface area contributed by atoms with E-state index in [2.05, 4.69) is 250 Å². The molecule has 0 radical (unpaired) electrons. The van der Waals surface area contributed by atoms with Crippen LogP contribution >= 0.6 is 39.1 Å². The monoisotopic (exact) mass is 1770 g/mol. The Bertz CT molecular complexity index is 7010. The Balaban J connectivity index is 0.000000122. The van der Waals surface area contributed by atoms with Gasteiger partial charge in [-0.1, -0.05) is 419 Å². The smallest absolute Gasteiger partial charge is 0.423 e. The fourth-order valence-electron chi connectivity index (χ4n) is 16.6. The van der Waals surface area contributed by atoms with E-state index in [4.69, 9.17) is 63.2 Å². The van der Waals surface area contributed by atoms with E-state index in [9.17, 15) is 10.0 Å². The highest BCUT2D eigenvalue weighted by Crippen LogP contribution is 2.51. The molecule has 3 heterocycles. The van der Waals surface area contributed by atoms with Gasteiger partial charge in [0.15, 0.2) is 17.5 Å². The molecule has 0 spiro atoms. The molecule has 0 saturated carbocycles. The molecule has 15 heteroatoms. The average Bonchev–Trinajstić information content (AvgIpc) is 1.59. The van der Waals surface area contributed by atoms with Crippen molar-refractivity contribution in [2.75, 3.05) is 0 Å². The molecule has 19 aromatic rings. The number of halogens is 3. The van der Waals surface area contributed by atoms with E-state index in [-0.39, 0.29) is 10.8 Å². The minimum Gasteiger partial charge on any atom is -0.423 e. The third-order valence-electron chi connectivity index (χ3n) is 23.2. The SMILES string of the molecule is Brc1cccc(-c2cc(-c3ccccc3)nc(-c3ccccc3)n2)c1.CC1(C)c2ccccc2-c2cc(-c3cccc(-c4cccc(-c5cc(-c6ccccc6)nc(-c6ccccc6)n5)c4)c3)ccc21.CC1(C)c2ccccc2-c2cc(B(O)O)ccc21.Clc1cccc(-c2cccc(-c3cc(-c4ccccc4)nc(-c4ccccc4)n3)c2)c1.OB(O)c1cccc(Cl)c1. The van der Waals surface area contributed by atoms with E-state index in [0.717, 1.165) is 128 Å². The van der Waals surface area contributed by atoms with Crippen molar-refractivity contribution in [1.29, 1.82) is 0 Å². The molecule has 0 fully saturated rings. The molecule has 2 aliphatic rings. The van der Waals surface area contributed by atoms with Crippen molar-refractivity contribution >= 4 is 64.3 Å². The third-order valence-corrected chi connectivity index (χ3v) is 24.2. The summed E-state index contributed by atoms with van der Waals surface area (Å²) in [5.41, 5.74) is 33.0. The summed E-state index contributed by atoms with van der Waals surface area (Å²) in [6, 6.07) is 146. The highest BCUT2D eigenvalue weighted by Gasteiger charge is 2.37. The van der Waals surface area contributed by atoms with Gasteiger partial charge in [-0.15, -0.1) is 0 Å². The van der Waals surface area contributed by atoms with Crippen LogP contribution in [-0.4, -0.2) is 64.2 Å². The zero-order valence-electron chi connectivity index (χ0n) is 71.3. The summed E-state index contributed by atoms with van der Waals surface area (Å²) >= 11 is 15.3. The largest absolute Gasteiger partial charge is 0.488 e. The van der Waals surface area contributed by atoms with Gasteiger partial charge in [0, 0.05) is 75.4 Å². The number of benzene rings is 16. The van der Waals surface area contributed by atoms with E-state index in [1.807, 2.05) is 194 Å². The average molecular weight is 1780 g/mol. The van der Waals surface area contributed by atoms with Crippen molar-refractivity contribution in [3.63, 3.8) is 0 Å². The van der Waals surface area contributed by atoms with E-state index >= 15 is 0 Å². The Morgan fingerprint density at radius 3 is 0.837 bits per heavy atom. The molecule has 624 valence electrons. The number of aromatic nitrogens is 6. The van der Waals surface area contributed by atoms with E-state index in [1.54, 1.807) is 24.3 Å². The molecule has 0 atom stereocenters. The van der Waals surface area contributed by atoms with Crippen LogP contribution in [0.1, 0.15) is 49.9 Å². The van der Waals surface area contributed by atoms with Gasteiger partial charge >= 0.3 is 14.2 Å². The van der Waals surface area contributed by atoms with Gasteiger partial charge in [-0.05, 0) is 168 Å². The molecule has 0 bridgehead atoms. The Kier molecular flexibility index (Phi) is 26.5. The van der Waals surface area contributed by atoms with Gasteiger partial charge in [0.1, 0.15) is 0 Å². The lowest BCUT2D eigenvalue weighted by Gasteiger charge is -2.21. The summed E-state index contributed by atoms with van der Waals surface area (Å²) in [5, 5.41) is 37.1. The third kappa shape index (κ3) is 20.1. The summed E-state index contributed by atoms with van der Waals surface area (Å²) in [7, 11) is -2.84. The second-order valence-corrected chi connectivity index (χ2v) is 34.3. The normalized spacial score (nSPS) is 12.0. The lowest BCUT2D eigenvalue weighted by molar-refractivity contribution is 0.424. The second kappa shape index (κ2) is 39.4. The molecular formula is C114H87B2BrCl2N6O4. The zero-order chi connectivity index (χ0) is 89.0. The number of hydrogen-bond donors (Lipinski definition) is 4. The van der Waals surface area contributed by atoms with Crippen LogP contribution in [0.15, 0.2) is 435 Å². The fraction of sp³-hybridized carbons (Fsp3) is 0.0526. The maximum absolute atomic E-state index is 9.29. The molecule has 0 unspecified atom stereocenters. The molecule has 129 heavy (non-hydrogen) atoms. The second-order valence-electron chi connectivity index (χ2n) is 32.6. The van der Waals surface area contributed by atoms with Gasteiger partial charge in [0.2, 0.25) is 0 Å². The van der Waals surface area contributed by atoms with Crippen molar-refractivity contribution in [2.24, 2.45) is 0 Å². The quantitative estimate of drug-likeness (QED) is 0.0773. The van der Waals surface area contributed by atoms with Gasteiger partial charge in [-0.3, -0.25) is 0 Å². The van der Waals surface area contributed by atoms with Crippen LogP contribution in [0, 0.1) is 0 Å². The molecule has 2 aliphatic carbocycles. The van der Waals surface area contributed by atoms with Crippen LogP contribution in [0.3, 0.4) is 0 Å². The molecule has 4 N–H and O–H groups in total. The Hall–Kier alpha value is -14.2. The lowest BCUT2D eigenvalue weighted by Crippen LogP contribution is -2.30. The van der Waals surface area contributed by atoms with Crippen LogP contribution < -0.4 is 10.9 Å². The van der Waals surface area contributed by atoms with Gasteiger partial charge < -0.3 is 20.1 Å². The summed E-state index contributed by atoms with van der Waals surface area (Å²) in [5.74, 6) is 2.17. The Morgan fingerprint density at radius 1 is 0.209 bits per heavy atom. The zero-order valence-corrected chi connectivity index (χ0v) is 74.4. The summed E-state index contributed by atoms with van der Waals surface area (Å²) in [4.78, 5) is 29.4. The highest BCUT2D eigenvalue weighted by atomic mass is 79.9. The standard InChI is InChI=1S/C43H32N2.C28H19ClN2.C22H15BrN2.C15H15BO2.C6H6BClO2/c1-43(2)38-22-10-9-21-36(38)37-27-34(23-24-39(37)43)32-18-11-17-31(25-32)33-19-12-20-35(26-33)41-28-40(29-13-5-3-6-14-29)44-42(45-41)30-15-7-4-8-16-30;29-25-16-8-14-23(18-25)22-13-7-15-24(17-22)27-19-26(20-9-3-1-4-10-20)30-28(31-27)21-11-5-2-6-12-21;23-19-13-7-12-18(14-19)21-15-20(16-8-3-1-4-9-16)24-22(25-21)17-10-5-2-6-11-17;1-15(2)13-6-4-3-5-11(13)12-9-10(16(17)18)7-8-14(12)15;8-6-3-1-2-5(4-6)7(9)10/h3-28H,1-2H3;1-19H;1-15H;3-9,17-18H,1-2H3;1-4,9-10H. The van der Waals surface area contributed by atoms with Crippen LogP contribution in [0.5, 0.6) is 0 Å². The first-order valence-corrected chi connectivity index (χ1v) is 44.2. The van der Waals surface area contributed by atoms with Crippen LogP contribution in [0.25, 0.3) is 157 Å². The van der Waals surface area contributed by atoms with Gasteiger partial charge in [0.05, 0.1) is 34.2 Å². The molecule has 0 saturated heterocycles. The van der Waals surface area contributed by atoms with Gasteiger partial charge in [0.25, 0.3) is 0 Å². The molecule has 0 aliphatic heterocycles. The number of rotatable bonds is 14. The summed E-state index contributed by atoms with van der Waals surface area (Å²) in [6.07, 6.45) is 0. The van der Waals surface area contributed by atoms with E-state index in [0.29, 0.717) is 21.8 Å². The maximum Gasteiger partial charge on any atom is 0.488 e. The summed E-state index contributed by atoms with van der Waals surface area (Å²) < 4.78 is 1.03. The lowest BCUT2D eigenvalue weighted by atomic mass is 9.77. The first-order chi connectivity index (χ1) is 62.8. The first-order valence-electron chi connectivity index (χ1n) is 42.6. The topological polar surface area (TPSA) is 158 Å². The Labute approximate surface area is 771 Å². The molecular weight excluding hydrogens is 1690 g/mol. The van der Waals surface area contributed by atoms with Crippen molar-refractivity contribution < 1.29 is 20.1 Å². The van der Waals surface area contributed by atoms with E-state index < -0.39 is 14.2 Å². The molecule has 10 nitrogen and oxygen atoms in total.